The second-order valence-electron chi connectivity index (χ2n) is 2.38. The molecule has 6 heteroatoms. The van der Waals surface area contributed by atoms with Gasteiger partial charge < -0.3 is 10.4 Å². The zero-order valence-corrected chi connectivity index (χ0v) is 7.19. The quantitative estimate of drug-likeness (QED) is 0.524. The van der Waals surface area contributed by atoms with Crippen molar-refractivity contribution >= 4 is 23.6 Å². The average molecular weight is 190 g/mol. The Morgan fingerprint density at radius 2 is 2.42 bits per heavy atom. The normalized spacial score (nSPS) is 22.2. The lowest BCUT2D eigenvalue weighted by Gasteiger charge is -2.07. The molecule has 0 aromatic carbocycles. The van der Waals surface area contributed by atoms with E-state index in [2.05, 4.69) is 10.6 Å². The van der Waals surface area contributed by atoms with Gasteiger partial charge in [-0.1, -0.05) is 0 Å². The van der Waals surface area contributed by atoms with E-state index in [9.17, 15) is 9.59 Å². The lowest BCUT2D eigenvalue weighted by molar-refractivity contribution is -0.138. The van der Waals surface area contributed by atoms with Gasteiger partial charge in [-0.3, -0.25) is 14.9 Å². The number of carbonyl (C=O) groups excluding carboxylic acids is 1. The molecular weight excluding hydrogens is 180 g/mol. The number of carbonyl (C=O) groups is 2. The maximum absolute atomic E-state index is 11.1. The molecule has 0 aliphatic carbocycles. The number of rotatable bonds is 3. The standard InChI is InChI=1S/C6H10N2O3S/c9-5(10)1-7-6(11)4-2-12-3-8-4/h4,8H,1-3H2,(H,7,11)(H,9,10). The molecule has 1 fully saturated rings. The van der Waals surface area contributed by atoms with E-state index < -0.39 is 5.97 Å². The molecule has 1 amide bonds. The van der Waals surface area contributed by atoms with Crippen molar-refractivity contribution < 1.29 is 14.7 Å². The molecule has 1 rings (SSSR count). The molecule has 12 heavy (non-hydrogen) atoms. The van der Waals surface area contributed by atoms with Gasteiger partial charge in [0.1, 0.15) is 6.54 Å². The summed E-state index contributed by atoms with van der Waals surface area (Å²) in [4.78, 5) is 21.2. The van der Waals surface area contributed by atoms with E-state index in [1.54, 1.807) is 11.8 Å². The van der Waals surface area contributed by atoms with Crippen LogP contribution in [-0.2, 0) is 9.59 Å². The van der Waals surface area contributed by atoms with Crippen LogP contribution in [0.4, 0.5) is 0 Å². The largest absolute Gasteiger partial charge is 0.480 e. The summed E-state index contributed by atoms with van der Waals surface area (Å²) in [7, 11) is 0. The van der Waals surface area contributed by atoms with Gasteiger partial charge in [-0.05, 0) is 0 Å². The molecule has 0 saturated carbocycles. The van der Waals surface area contributed by atoms with Gasteiger partial charge in [-0.15, -0.1) is 11.8 Å². The van der Waals surface area contributed by atoms with E-state index in [-0.39, 0.29) is 18.5 Å². The van der Waals surface area contributed by atoms with Crippen molar-refractivity contribution in [2.24, 2.45) is 0 Å². The maximum Gasteiger partial charge on any atom is 0.322 e. The first-order valence-electron chi connectivity index (χ1n) is 3.51. The number of carboxylic acids is 1. The van der Waals surface area contributed by atoms with Crippen LogP contribution in [0.2, 0.25) is 0 Å². The second kappa shape index (κ2) is 4.32. The van der Waals surface area contributed by atoms with Crippen LogP contribution in [0.5, 0.6) is 0 Å². The summed E-state index contributed by atoms with van der Waals surface area (Å²) < 4.78 is 0. The Labute approximate surface area is 73.9 Å². The van der Waals surface area contributed by atoms with Crippen LogP contribution in [-0.4, -0.2) is 41.2 Å². The minimum atomic E-state index is -1.02. The minimum Gasteiger partial charge on any atom is -0.480 e. The van der Waals surface area contributed by atoms with E-state index in [4.69, 9.17) is 5.11 Å². The first-order valence-corrected chi connectivity index (χ1v) is 4.66. The first-order chi connectivity index (χ1) is 5.70. The van der Waals surface area contributed by atoms with Gasteiger partial charge >= 0.3 is 5.97 Å². The Kier molecular flexibility index (Phi) is 3.36. The van der Waals surface area contributed by atoms with E-state index in [0.29, 0.717) is 5.75 Å². The van der Waals surface area contributed by atoms with Gasteiger partial charge in [0.05, 0.1) is 6.04 Å². The third-order valence-electron chi connectivity index (χ3n) is 1.45. The van der Waals surface area contributed by atoms with Crippen molar-refractivity contribution in [2.75, 3.05) is 18.2 Å². The number of nitrogens with one attached hydrogen (secondary N) is 2. The molecule has 0 bridgehead atoms. The van der Waals surface area contributed by atoms with E-state index >= 15 is 0 Å². The van der Waals surface area contributed by atoms with Gasteiger partial charge in [0, 0.05) is 11.6 Å². The molecule has 68 valence electrons. The molecule has 1 aliphatic rings. The number of hydrogen-bond acceptors (Lipinski definition) is 4. The predicted octanol–water partition coefficient (Wildman–Crippen LogP) is -1.15. The van der Waals surface area contributed by atoms with Gasteiger partial charge in [-0.2, -0.15) is 0 Å². The van der Waals surface area contributed by atoms with Crippen LogP contribution >= 0.6 is 11.8 Å². The molecule has 0 aromatic heterocycles. The fraction of sp³-hybridized carbons (Fsp3) is 0.667. The van der Waals surface area contributed by atoms with Crippen LogP contribution in [0.25, 0.3) is 0 Å². The zero-order chi connectivity index (χ0) is 8.97. The monoisotopic (exact) mass is 190 g/mol. The number of hydrogen-bond donors (Lipinski definition) is 3. The lowest BCUT2D eigenvalue weighted by atomic mass is 10.3. The summed E-state index contributed by atoms with van der Waals surface area (Å²) in [6.07, 6.45) is 0. The Hall–Kier alpha value is -0.750. The van der Waals surface area contributed by atoms with Crippen molar-refractivity contribution in [1.29, 1.82) is 0 Å². The molecule has 1 saturated heterocycles. The third kappa shape index (κ3) is 2.71. The van der Waals surface area contributed by atoms with Crippen molar-refractivity contribution in [3.05, 3.63) is 0 Å². The average Bonchev–Trinajstić information content (AvgIpc) is 2.51. The smallest absolute Gasteiger partial charge is 0.322 e. The predicted molar refractivity (Wildman–Crippen MR) is 44.9 cm³/mol. The fourth-order valence-corrected chi connectivity index (χ4v) is 1.79. The summed E-state index contributed by atoms with van der Waals surface area (Å²) in [6, 6.07) is -0.227. The Balaban J connectivity index is 2.23. The molecular formula is C6H10N2O3S. The molecule has 1 aliphatic heterocycles. The molecule has 0 radical (unpaired) electrons. The minimum absolute atomic E-state index is 0.227. The second-order valence-corrected chi connectivity index (χ2v) is 3.41. The summed E-state index contributed by atoms with van der Waals surface area (Å²) in [5, 5.41) is 13.5. The summed E-state index contributed by atoms with van der Waals surface area (Å²) >= 11 is 1.63. The Morgan fingerprint density at radius 3 is 2.92 bits per heavy atom. The van der Waals surface area contributed by atoms with E-state index in [1.807, 2.05) is 0 Å². The van der Waals surface area contributed by atoms with Crippen LogP contribution in [0.15, 0.2) is 0 Å². The fourth-order valence-electron chi connectivity index (χ4n) is 0.850. The molecule has 1 unspecified atom stereocenters. The van der Waals surface area contributed by atoms with Crippen LogP contribution in [0.3, 0.4) is 0 Å². The number of carboxylic acid groups (broad SMARTS) is 1. The summed E-state index contributed by atoms with van der Waals surface area (Å²) in [6.45, 7) is -0.304. The van der Waals surface area contributed by atoms with Crippen molar-refractivity contribution in [2.45, 2.75) is 6.04 Å². The molecule has 1 heterocycles. The summed E-state index contributed by atoms with van der Waals surface area (Å²) in [5.74, 6) is 0.216. The Bertz CT molecular complexity index is 191. The molecule has 0 spiro atoms. The number of aliphatic carboxylic acids is 1. The third-order valence-corrected chi connectivity index (χ3v) is 2.39. The van der Waals surface area contributed by atoms with Crippen molar-refractivity contribution in [3.8, 4) is 0 Å². The van der Waals surface area contributed by atoms with E-state index in [1.165, 1.54) is 0 Å². The SMILES string of the molecule is O=C(O)CNC(=O)C1CSCN1. The highest BCUT2D eigenvalue weighted by atomic mass is 32.2. The molecule has 0 aromatic rings. The van der Waals surface area contributed by atoms with Crippen LogP contribution < -0.4 is 10.6 Å². The van der Waals surface area contributed by atoms with Crippen molar-refractivity contribution in [1.82, 2.24) is 10.6 Å². The molecule has 1 atom stereocenters. The lowest BCUT2D eigenvalue weighted by Crippen LogP contribution is -2.43. The van der Waals surface area contributed by atoms with Gasteiger partial charge in [-0.25, -0.2) is 0 Å². The van der Waals surface area contributed by atoms with Gasteiger partial charge in [0.25, 0.3) is 0 Å². The Morgan fingerprint density at radius 1 is 1.67 bits per heavy atom. The van der Waals surface area contributed by atoms with Crippen LogP contribution in [0, 0.1) is 0 Å². The van der Waals surface area contributed by atoms with E-state index in [0.717, 1.165) is 5.88 Å². The number of thioether (sulfide) groups is 1. The maximum atomic E-state index is 11.1. The summed E-state index contributed by atoms with van der Waals surface area (Å²) in [5.41, 5.74) is 0. The highest BCUT2D eigenvalue weighted by Gasteiger charge is 2.22. The topological polar surface area (TPSA) is 78.4 Å². The van der Waals surface area contributed by atoms with Gasteiger partial charge in [0.2, 0.25) is 5.91 Å². The first kappa shape index (κ1) is 9.34. The highest BCUT2D eigenvalue weighted by Crippen LogP contribution is 2.08. The van der Waals surface area contributed by atoms with Gasteiger partial charge in [0.15, 0.2) is 0 Å². The highest BCUT2D eigenvalue weighted by molar-refractivity contribution is 7.99. The molecule has 5 nitrogen and oxygen atoms in total. The van der Waals surface area contributed by atoms with Crippen molar-refractivity contribution in [3.63, 3.8) is 0 Å². The molecule has 3 N–H and O–H groups in total. The number of amides is 1. The zero-order valence-electron chi connectivity index (χ0n) is 6.37. The van der Waals surface area contributed by atoms with Crippen LogP contribution in [0.1, 0.15) is 0 Å².